The smallest absolute Gasteiger partial charge is 0.366 e. The van der Waals surface area contributed by atoms with E-state index in [4.69, 9.17) is 10.6 Å². The fourth-order valence-corrected chi connectivity index (χ4v) is 2.02. The van der Waals surface area contributed by atoms with Gasteiger partial charge in [-0.25, -0.2) is 9.47 Å². The highest BCUT2D eigenvalue weighted by molar-refractivity contribution is 5.77. The van der Waals surface area contributed by atoms with Crippen LogP contribution < -0.4 is 16.4 Å². The van der Waals surface area contributed by atoms with Crippen molar-refractivity contribution in [2.24, 2.45) is 0 Å². The molecule has 1 aliphatic rings. The molecule has 0 radical (unpaired) electrons. The molecule has 0 spiro atoms. The predicted octanol–water partition coefficient (Wildman–Crippen LogP) is -0.658. The summed E-state index contributed by atoms with van der Waals surface area (Å²) < 4.78 is 6.32. The molecule has 0 unspecified atom stereocenters. The number of hydrogen-bond acceptors (Lipinski definition) is 6. The van der Waals surface area contributed by atoms with E-state index in [9.17, 15) is 4.79 Å². The van der Waals surface area contributed by atoms with Crippen molar-refractivity contribution >= 4 is 16.7 Å². The van der Waals surface area contributed by atoms with Gasteiger partial charge in [0.2, 0.25) is 0 Å². The lowest BCUT2D eigenvalue weighted by atomic mass is 10.3. The minimum absolute atomic E-state index is 0.483. The normalized spacial score (nSPS) is 16.1. The summed E-state index contributed by atoms with van der Waals surface area (Å²) in [5.74, 6) is 5.68. The Balaban J connectivity index is 2.09. The first-order valence-corrected chi connectivity index (χ1v) is 5.71. The number of nitrogens with zero attached hydrogens (tertiary/aromatic N) is 4. The van der Waals surface area contributed by atoms with E-state index in [-0.39, 0.29) is 0 Å². The van der Waals surface area contributed by atoms with Crippen LogP contribution in [0.15, 0.2) is 23.3 Å². The largest absolute Gasteiger partial charge is 0.378 e. The van der Waals surface area contributed by atoms with Crippen LogP contribution >= 0.6 is 0 Å². The molecule has 1 saturated heterocycles. The standard InChI is InChI=1S/C11H13N5O2/c12-16-10-5-8(15-1-3-18-4-2-15)6-13-9(10)7-14-11(16)17/h5-7H,1-4,12H2. The van der Waals surface area contributed by atoms with Crippen molar-refractivity contribution in [3.8, 4) is 0 Å². The Labute approximate surface area is 103 Å². The quantitative estimate of drug-likeness (QED) is 0.673. The average Bonchev–Trinajstić information content (AvgIpc) is 2.44. The molecule has 0 aliphatic carbocycles. The average molecular weight is 247 g/mol. The van der Waals surface area contributed by atoms with Crippen LogP contribution in [0.3, 0.4) is 0 Å². The summed E-state index contributed by atoms with van der Waals surface area (Å²) in [5, 5.41) is 0. The van der Waals surface area contributed by atoms with Crippen LogP contribution in [0.2, 0.25) is 0 Å². The van der Waals surface area contributed by atoms with E-state index >= 15 is 0 Å². The molecule has 2 aromatic heterocycles. The molecule has 1 fully saturated rings. The third-order valence-electron chi connectivity index (χ3n) is 3.02. The Morgan fingerprint density at radius 1 is 1.22 bits per heavy atom. The van der Waals surface area contributed by atoms with Gasteiger partial charge in [-0.15, -0.1) is 0 Å². The van der Waals surface area contributed by atoms with Crippen LogP contribution in [0.5, 0.6) is 0 Å². The summed E-state index contributed by atoms with van der Waals surface area (Å²) in [6.45, 7) is 3.02. The first-order chi connectivity index (χ1) is 8.75. The summed E-state index contributed by atoms with van der Waals surface area (Å²) in [4.78, 5) is 21.4. The molecule has 1 aliphatic heterocycles. The molecule has 18 heavy (non-hydrogen) atoms. The van der Waals surface area contributed by atoms with Gasteiger partial charge in [-0.1, -0.05) is 0 Å². The molecule has 3 heterocycles. The van der Waals surface area contributed by atoms with E-state index < -0.39 is 5.69 Å². The Hall–Kier alpha value is -2.15. The number of nitrogens with two attached hydrogens (primary N) is 1. The van der Waals surface area contributed by atoms with Crippen molar-refractivity contribution in [1.29, 1.82) is 0 Å². The molecule has 0 bridgehead atoms. The van der Waals surface area contributed by atoms with Gasteiger partial charge in [-0.3, -0.25) is 4.98 Å². The van der Waals surface area contributed by atoms with Gasteiger partial charge in [0.25, 0.3) is 0 Å². The number of anilines is 1. The SMILES string of the molecule is Nn1c(=O)ncc2ncc(N3CCOCC3)cc21. The molecule has 0 aromatic carbocycles. The van der Waals surface area contributed by atoms with Crippen molar-refractivity contribution in [1.82, 2.24) is 14.6 Å². The maximum atomic E-state index is 11.4. The second kappa shape index (κ2) is 4.26. The lowest BCUT2D eigenvalue weighted by molar-refractivity contribution is 0.122. The van der Waals surface area contributed by atoms with Gasteiger partial charge in [0, 0.05) is 13.1 Å². The van der Waals surface area contributed by atoms with Gasteiger partial charge in [0.05, 0.1) is 36.8 Å². The monoisotopic (exact) mass is 247 g/mol. The zero-order valence-electron chi connectivity index (χ0n) is 9.74. The van der Waals surface area contributed by atoms with Gasteiger partial charge in [-0.05, 0) is 6.07 Å². The Morgan fingerprint density at radius 3 is 2.78 bits per heavy atom. The number of rotatable bonds is 1. The third-order valence-corrected chi connectivity index (χ3v) is 3.02. The van der Waals surface area contributed by atoms with Crippen LogP contribution in [0.25, 0.3) is 11.0 Å². The molecular weight excluding hydrogens is 234 g/mol. The van der Waals surface area contributed by atoms with Crippen LogP contribution in [0.4, 0.5) is 5.69 Å². The molecule has 0 atom stereocenters. The molecule has 0 amide bonds. The highest BCUT2D eigenvalue weighted by Crippen LogP contribution is 2.18. The van der Waals surface area contributed by atoms with Gasteiger partial charge in [0.15, 0.2) is 0 Å². The van der Waals surface area contributed by atoms with Crippen molar-refractivity contribution in [3.63, 3.8) is 0 Å². The second-order valence-corrected chi connectivity index (χ2v) is 4.11. The van der Waals surface area contributed by atoms with Gasteiger partial charge >= 0.3 is 5.69 Å². The number of pyridine rings is 1. The molecule has 2 aromatic rings. The zero-order chi connectivity index (χ0) is 12.5. The number of aromatic nitrogens is 3. The summed E-state index contributed by atoms with van der Waals surface area (Å²) in [6, 6.07) is 1.86. The van der Waals surface area contributed by atoms with Crippen LogP contribution in [0.1, 0.15) is 0 Å². The Kier molecular flexibility index (Phi) is 2.60. The van der Waals surface area contributed by atoms with E-state index in [2.05, 4.69) is 14.9 Å². The molecule has 2 N–H and O–H groups in total. The summed E-state index contributed by atoms with van der Waals surface area (Å²) in [7, 11) is 0. The van der Waals surface area contributed by atoms with Crippen LogP contribution in [-0.2, 0) is 4.74 Å². The van der Waals surface area contributed by atoms with Crippen molar-refractivity contribution < 1.29 is 4.74 Å². The Morgan fingerprint density at radius 2 is 2.00 bits per heavy atom. The minimum atomic E-state index is -0.483. The number of morpholine rings is 1. The topological polar surface area (TPSA) is 86.3 Å². The van der Waals surface area contributed by atoms with E-state index in [1.165, 1.54) is 6.20 Å². The number of hydrogen-bond donors (Lipinski definition) is 1. The zero-order valence-corrected chi connectivity index (χ0v) is 9.74. The maximum absolute atomic E-state index is 11.4. The highest BCUT2D eigenvalue weighted by atomic mass is 16.5. The third kappa shape index (κ3) is 1.78. The molecule has 94 valence electrons. The summed E-state index contributed by atoms with van der Waals surface area (Å²) >= 11 is 0. The molecule has 0 saturated carbocycles. The van der Waals surface area contributed by atoms with E-state index in [0.717, 1.165) is 23.5 Å². The van der Waals surface area contributed by atoms with Crippen LogP contribution in [0, 0.1) is 0 Å². The first-order valence-electron chi connectivity index (χ1n) is 5.71. The van der Waals surface area contributed by atoms with Gasteiger partial charge in [0.1, 0.15) is 5.52 Å². The highest BCUT2D eigenvalue weighted by Gasteiger charge is 2.13. The fourth-order valence-electron chi connectivity index (χ4n) is 2.02. The number of ether oxygens (including phenoxy) is 1. The molecular formula is C11H13N5O2. The predicted molar refractivity (Wildman–Crippen MR) is 67.0 cm³/mol. The lowest BCUT2D eigenvalue weighted by Gasteiger charge is -2.28. The van der Waals surface area contributed by atoms with Crippen molar-refractivity contribution in [3.05, 3.63) is 28.9 Å². The van der Waals surface area contributed by atoms with E-state index in [1.807, 2.05) is 6.07 Å². The van der Waals surface area contributed by atoms with Gasteiger partial charge in [-0.2, -0.15) is 4.98 Å². The minimum Gasteiger partial charge on any atom is -0.378 e. The summed E-state index contributed by atoms with van der Waals surface area (Å²) in [6.07, 6.45) is 3.20. The maximum Gasteiger partial charge on any atom is 0.366 e. The van der Waals surface area contributed by atoms with E-state index in [0.29, 0.717) is 24.2 Å². The molecule has 7 heteroatoms. The van der Waals surface area contributed by atoms with E-state index in [1.54, 1.807) is 6.20 Å². The number of fused-ring (bicyclic) bond motifs is 1. The lowest BCUT2D eigenvalue weighted by Crippen LogP contribution is -2.36. The Bertz CT molecular complexity index is 633. The second-order valence-electron chi connectivity index (χ2n) is 4.11. The van der Waals surface area contributed by atoms with Crippen molar-refractivity contribution in [2.75, 3.05) is 37.0 Å². The van der Waals surface area contributed by atoms with Crippen molar-refractivity contribution in [2.45, 2.75) is 0 Å². The van der Waals surface area contributed by atoms with Crippen LogP contribution in [-0.4, -0.2) is 40.9 Å². The number of nitrogen functional groups attached to an aromatic ring is 1. The molecule has 7 nitrogen and oxygen atoms in total. The summed E-state index contributed by atoms with van der Waals surface area (Å²) in [5.41, 5.74) is 1.65. The molecule has 3 rings (SSSR count). The first kappa shape index (κ1) is 11.0. The van der Waals surface area contributed by atoms with Gasteiger partial charge < -0.3 is 15.5 Å². The fraction of sp³-hybridized carbons (Fsp3) is 0.364.